The predicted molar refractivity (Wildman–Crippen MR) is 68.1 cm³/mol. The maximum Gasteiger partial charge on any atom is 0.310 e. The first-order valence-electron chi connectivity index (χ1n) is 6.51. The largest absolute Gasteiger partial charge is 0.465 e. The molecule has 0 amide bonds. The number of allylic oxidation sites excluding steroid dienone is 2. The van der Waals surface area contributed by atoms with E-state index in [1.807, 2.05) is 0 Å². The lowest BCUT2D eigenvalue weighted by atomic mass is 9.82. The Kier molecular flexibility index (Phi) is 3.97. The van der Waals surface area contributed by atoms with Gasteiger partial charge in [-0.2, -0.15) is 0 Å². The van der Waals surface area contributed by atoms with Crippen LogP contribution < -0.4 is 0 Å². The van der Waals surface area contributed by atoms with Crippen LogP contribution in [0, 0.1) is 17.8 Å². The number of ether oxygens (including phenoxy) is 1. The molecule has 1 aliphatic carbocycles. The Morgan fingerprint density at radius 3 is 3.12 bits per heavy atom. The van der Waals surface area contributed by atoms with Gasteiger partial charge >= 0.3 is 5.97 Å². The van der Waals surface area contributed by atoms with Crippen molar-refractivity contribution in [1.82, 2.24) is 0 Å². The van der Waals surface area contributed by atoms with Crippen molar-refractivity contribution in [3.63, 3.8) is 0 Å². The van der Waals surface area contributed by atoms with Crippen LogP contribution in [0.4, 0.5) is 0 Å². The lowest BCUT2D eigenvalue weighted by Crippen LogP contribution is -2.32. The van der Waals surface area contributed by atoms with Gasteiger partial charge in [0, 0.05) is 18.1 Å². The molecule has 0 saturated heterocycles. The minimum absolute atomic E-state index is 0.0194. The van der Waals surface area contributed by atoms with Crippen molar-refractivity contribution in [3.8, 4) is 0 Å². The van der Waals surface area contributed by atoms with Gasteiger partial charge in [-0.3, -0.25) is 9.79 Å². The molecule has 1 heterocycles. The van der Waals surface area contributed by atoms with E-state index in [4.69, 9.17) is 4.74 Å². The first kappa shape index (κ1) is 12.3. The third-order valence-corrected chi connectivity index (χ3v) is 3.36. The van der Waals surface area contributed by atoms with Gasteiger partial charge in [-0.15, -0.1) is 0 Å². The topological polar surface area (TPSA) is 38.7 Å². The Morgan fingerprint density at radius 1 is 1.53 bits per heavy atom. The molecule has 0 radical (unpaired) electrons. The van der Waals surface area contributed by atoms with E-state index in [0.29, 0.717) is 25.0 Å². The van der Waals surface area contributed by atoms with Crippen LogP contribution in [0.5, 0.6) is 0 Å². The average Bonchev–Trinajstić information content (AvgIpc) is 2.35. The number of hydrogen-bond acceptors (Lipinski definition) is 3. The van der Waals surface area contributed by atoms with E-state index < -0.39 is 0 Å². The highest BCUT2D eigenvalue weighted by atomic mass is 16.5. The van der Waals surface area contributed by atoms with E-state index in [9.17, 15) is 4.79 Å². The summed E-state index contributed by atoms with van der Waals surface area (Å²) in [6, 6.07) is 0. The van der Waals surface area contributed by atoms with Crippen LogP contribution in [-0.4, -0.2) is 24.8 Å². The molecule has 2 aliphatic rings. The van der Waals surface area contributed by atoms with Gasteiger partial charge in [0.25, 0.3) is 0 Å². The van der Waals surface area contributed by atoms with Crippen molar-refractivity contribution in [3.05, 3.63) is 12.2 Å². The molecule has 2 unspecified atom stereocenters. The molecule has 0 fully saturated rings. The lowest BCUT2D eigenvalue weighted by Gasteiger charge is -2.29. The molecule has 1 aliphatic heterocycles. The van der Waals surface area contributed by atoms with Crippen LogP contribution >= 0.6 is 0 Å². The van der Waals surface area contributed by atoms with E-state index in [1.165, 1.54) is 5.71 Å². The summed E-state index contributed by atoms with van der Waals surface area (Å²) >= 11 is 0. The zero-order chi connectivity index (χ0) is 12.3. The molecule has 2 atom stereocenters. The second-order valence-electron chi connectivity index (χ2n) is 5.40. The maximum absolute atomic E-state index is 11.9. The summed E-state index contributed by atoms with van der Waals surface area (Å²) < 4.78 is 5.30. The standard InChI is InChI=1S/C14H21NO2/c1-10(2)9-17-14(16)12-7-11-5-3-4-6-13(11)15-8-12/h3-4,10-12H,5-9H2,1-2H3. The van der Waals surface area contributed by atoms with E-state index in [-0.39, 0.29) is 11.9 Å². The van der Waals surface area contributed by atoms with Crippen LogP contribution in [0.25, 0.3) is 0 Å². The number of nitrogens with zero attached hydrogens (tertiary/aromatic N) is 1. The number of aliphatic imine (C=N–C) groups is 1. The van der Waals surface area contributed by atoms with Gasteiger partial charge in [-0.05, 0) is 18.8 Å². The van der Waals surface area contributed by atoms with Crippen molar-refractivity contribution in [2.45, 2.75) is 33.1 Å². The van der Waals surface area contributed by atoms with Crippen LogP contribution in [0.1, 0.15) is 33.1 Å². The molecule has 0 N–H and O–H groups in total. The van der Waals surface area contributed by atoms with Gasteiger partial charge in [-0.25, -0.2) is 0 Å². The first-order valence-corrected chi connectivity index (χ1v) is 6.51. The fourth-order valence-electron chi connectivity index (χ4n) is 2.38. The Hall–Kier alpha value is -1.12. The van der Waals surface area contributed by atoms with Crippen molar-refractivity contribution in [1.29, 1.82) is 0 Å². The minimum atomic E-state index is -0.0592. The van der Waals surface area contributed by atoms with Gasteiger partial charge in [0.2, 0.25) is 0 Å². The highest BCUT2D eigenvalue weighted by Crippen LogP contribution is 2.28. The highest BCUT2D eigenvalue weighted by Gasteiger charge is 2.30. The molecule has 3 heteroatoms. The lowest BCUT2D eigenvalue weighted by molar-refractivity contribution is -0.149. The van der Waals surface area contributed by atoms with Crippen LogP contribution in [0.2, 0.25) is 0 Å². The van der Waals surface area contributed by atoms with Crippen LogP contribution in [-0.2, 0) is 9.53 Å². The number of hydrogen-bond donors (Lipinski definition) is 0. The molecule has 0 aromatic heterocycles. The molecular formula is C14H21NO2. The van der Waals surface area contributed by atoms with E-state index in [0.717, 1.165) is 19.3 Å². The van der Waals surface area contributed by atoms with E-state index in [1.54, 1.807) is 0 Å². The number of carbonyl (C=O) groups is 1. The second kappa shape index (κ2) is 5.48. The van der Waals surface area contributed by atoms with Gasteiger partial charge in [-0.1, -0.05) is 26.0 Å². The summed E-state index contributed by atoms with van der Waals surface area (Å²) in [6.45, 7) is 5.25. The molecule has 2 rings (SSSR count). The number of esters is 1. The molecule has 0 aromatic rings. The van der Waals surface area contributed by atoms with Gasteiger partial charge in [0.15, 0.2) is 0 Å². The van der Waals surface area contributed by atoms with Crippen molar-refractivity contribution in [2.75, 3.05) is 13.2 Å². The molecule has 17 heavy (non-hydrogen) atoms. The summed E-state index contributed by atoms with van der Waals surface area (Å²) in [4.78, 5) is 16.4. The monoisotopic (exact) mass is 235 g/mol. The summed E-state index contributed by atoms with van der Waals surface area (Å²) in [7, 11) is 0. The Balaban J connectivity index is 1.88. The summed E-state index contributed by atoms with van der Waals surface area (Å²) in [5, 5.41) is 0. The molecular weight excluding hydrogens is 214 g/mol. The normalized spacial score (nSPS) is 27.6. The van der Waals surface area contributed by atoms with Crippen molar-refractivity contribution < 1.29 is 9.53 Å². The molecule has 0 saturated carbocycles. The maximum atomic E-state index is 11.9. The molecule has 94 valence electrons. The predicted octanol–water partition coefficient (Wildman–Crippen LogP) is 2.61. The minimum Gasteiger partial charge on any atom is -0.465 e. The molecule has 3 nitrogen and oxygen atoms in total. The van der Waals surface area contributed by atoms with Gasteiger partial charge in [0.1, 0.15) is 0 Å². The molecule has 0 spiro atoms. The fourth-order valence-corrected chi connectivity index (χ4v) is 2.38. The van der Waals surface area contributed by atoms with Crippen molar-refractivity contribution >= 4 is 11.7 Å². The van der Waals surface area contributed by atoms with Crippen LogP contribution in [0.3, 0.4) is 0 Å². The third kappa shape index (κ3) is 3.18. The number of carbonyl (C=O) groups excluding carboxylic acids is 1. The van der Waals surface area contributed by atoms with Crippen molar-refractivity contribution in [2.24, 2.45) is 22.7 Å². The number of rotatable bonds is 3. The Bertz CT molecular complexity index is 344. The molecule has 0 bridgehead atoms. The summed E-state index contributed by atoms with van der Waals surface area (Å²) in [5.74, 6) is 0.801. The summed E-state index contributed by atoms with van der Waals surface area (Å²) in [5.41, 5.74) is 1.28. The van der Waals surface area contributed by atoms with Gasteiger partial charge < -0.3 is 4.74 Å². The summed E-state index contributed by atoms with van der Waals surface area (Å²) in [6.07, 6.45) is 7.30. The van der Waals surface area contributed by atoms with Gasteiger partial charge in [0.05, 0.1) is 19.1 Å². The average molecular weight is 235 g/mol. The Morgan fingerprint density at radius 2 is 2.35 bits per heavy atom. The smallest absolute Gasteiger partial charge is 0.310 e. The zero-order valence-electron chi connectivity index (χ0n) is 10.7. The Labute approximate surface area is 103 Å². The third-order valence-electron chi connectivity index (χ3n) is 3.36. The molecule has 0 aromatic carbocycles. The first-order chi connectivity index (χ1) is 8.16. The van der Waals surface area contributed by atoms with E-state index in [2.05, 4.69) is 31.0 Å². The fraction of sp³-hybridized carbons (Fsp3) is 0.714. The highest BCUT2D eigenvalue weighted by molar-refractivity contribution is 5.90. The quantitative estimate of drug-likeness (QED) is 0.557. The SMILES string of the molecule is CC(C)COC(=O)C1CN=C2CC=CCC2C1. The second-order valence-corrected chi connectivity index (χ2v) is 5.40. The van der Waals surface area contributed by atoms with Crippen LogP contribution in [0.15, 0.2) is 17.1 Å². The number of fused-ring (bicyclic) bond motifs is 1. The van der Waals surface area contributed by atoms with E-state index >= 15 is 0 Å². The zero-order valence-corrected chi connectivity index (χ0v) is 10.7.